The fourth-order valence-corrected chi connectivity index (χ4v) is 5.60. The van der Waals surface area contributed by atoms with Gasteiger partial charge in [-0.2, -0.15) is 0 Å². The van der Waals surface area contributed by atoms with Crippen molar-refractivity contribution in [2.75, 3.05) is 6.61 Å². The van der Waals surface area contributed by atoms with Gasteiger partial charge in [-0.05, 0) is 23.6 Å². The van der Waals surface area contributed by atoms with E-state index in [1.807, 2.05) is 17.5 Å². The van der Waals surface area contributed by atoms with Crippen LogP contribution in [0.25, 0.3) is 10.6 Å². The Hall–Kier alpha value is -1.24. The minimum Gasteiger partial charge on any atom is -0.394 e. The maximum Gasteiger partial charge on any atom is 0.160 e. The molecule has 1 saturated heterocycles. The predicted octanol–water partition coefficient (Wildman–Crippen LogP) is 3.22. The number of aliphatic hydroxyl groups is 3. The highest BCUT2D eigenvalue weighted by Gasteiger charge is 2.46. The number of thioether (sulfide) groups is 1. The van der Waals surface area contributed by atoms with Gasteiger partial charge in [-0.1, -0.05) is 46.2 Å². The third kappa shape index (κ3) is 4.23. The summed E-state index contributed by atoms with van der Waals surface area (Å²) < 4.78 is 20.7. The molecule has 3 N–H and O–H groups in total. The van der Waals surface area contributed by atoms with Gasteiger partial charge in [-0.3, -0.25) is 0 Å². The molecule has 0 spiro atoms. The summed E-state index contributed by atoms with van der Waals surface area (Å²) in [7, 11) is 0. The van der Waals surface area contributed by atoms with E-state index in [0.717, 1.165) is 16.6 Å². The van der Waals surface area contributed by atoms with Crippen LogP contribution in [-0.2, 0) is 4.74 Å². The molecule has 0 amide bonds. The Kier molecular flexibility index (Phi) is 6.66. The summed E-state index contributed by atoms with van der Waals surface area (Å²) in [6, 6.07) is 5.56. The first-order valence-corrected chi connectivity index (χ1v) is 11.3. The van der Waals surface area contributed by atoms with Crippen molar-refractivity contribution in [3.05, 3.63) is 51.7 Å². The standard InChI is InChI=1S/C18H16Cl2FN3O4S2/c19-9-4-8(5-10(20)14(9)21)30-18-17(27)15(16(26)12(7-25)28-18)24-6-11(22-23-24)13-2-1-3-29-13/h1-6,12,15-18,25-27H,7H2/t12?,15?,16?,17-,18?/m0/s1. The van der Waals surface area contributed by atoms with Crippen LogP contribution in [0, 0.1) is 5.82 Å². The highest BCUT2D eigenvalue weighted by Crippen LogP contribution is 2.40. The van der Waals surface area contributed by atoms with Crippen molar-refractivity contribution < 1.29 is 24.4 Å². The van der Waals surface area contributed by atoms with Crippen LogP contribution in [0.3, 0.4) is 0 Å². The molecule has 1 fully saturated rings. The Balaban J connectivity index is 1.62. The van der Waals surface area contributed by atoms with E-state index in [4.69, 9.17) is 27.9 Å². The Morgan fingerprint density at radius 1 is 1.23 bits per heavy atom. The molecule has 0 saturated carbocycles. The first-order valence-electron chi connectivity index (χ1n) is 8.78. The molecule has 0 aliphatic carbocycles. The van der Waals surface area contributed by atoms with Gasteiger partial charge in [0.2, 0.25) is 0 Å². The lowest BCUT2D eigenvalue weighted by molar-refractivity contribution is -0.178. The lowest BCUT2D eigenvalue weighted by Gasteiger charge is -2.41. The van der Waals surface area contributed by atoms with Gasteiger partial charge < -0.3 is 20.1 Å². The van der Waals surface area contributed by atoms with E-state index >= 15 is 0 Å². The number of ether oxygens (including phenoxy) is 1. The van der Waals surface area contributed by atoms with Crippen molar-refractivity contribution in [2.24, 2.45) is 0 Å². The first-order chi connectivity index (χ1) is 14.4. The lowest BCUT2D eigenvalue weighted by atomic mass is 9.97. The van der Waals surface area contributed by atoms with Gasteiger partial charge in [0.15, 0.2) is 5.82 Å². The van der Waals surface area contributed by atoms with Crippen LogP contribution in [0.5, 0.6) is 0 Å². The summed E-state index contributed by atoms with van der Waals surface area (Å²) in [5, 5.41) is 41.0. The molecule has 1 aromatic carbocycles. The normalized spacial score (nSPS) is 26.8. The topological polar surface area (TPSA) is 101 Å². The zero-order chi connectivity index (χ0) is 21.4. The van der Waals surface area contributed by atoms with Crippen molar-refractivity contribution in [3.8, 4) is 10.6 Å². The Morgan fingerprint density at radius 3 is 2.60 bits per heavy atom. The maximum atomic E-state index is 13.7. The van der Waals surface area contributed by atoms with E-state index in [-0.39, 0.29) is 10.0 Å². The van der Waals surface area contributed by atoms with E-state index in [9.17, 15) is 19.7 Å². The van der Waals surface area contributed by atoms with Crippen molar-refractivity contribution in [1.82, 2.24) is 15.0 Å². The minimum absolute atomic E-state index is 0.164. The molecular weight excluding hydrogens is 476 g/mol. The number of halogens is 3. The first kappa shape index (κ1) is 22.0. The number of hydrogen-bond donors (Lipinski definition) is 3. The second-order valence-corrected chi connectivity index (χ2v) is 9.51. The molecule has 7 nitrogen and oxygen atoms in total. The highest BCUT2D eigenvalue weighted by molar-refractivity contribution is 7.99. The fourth-order valence-electron chi connectivity index (χ4n) is 3.17. The molecule has 4 unspecified atom stereocenters. The number of thiophene rings is 1. The van der Waals surface area contributed by atoms with Crippen molar-refractivity contribution in [1.29, 1.82) is 0 Å². The molecule has 12 heteroatoms. The molecule has 1 aliphatic rings. The molecule has 0 bridgehead atoms. The van der Waals surface area contributed by atoms with E-state index in [2.05, 4.69) is 10.3 Å². The molecule has 2 aromatic heterocycles. The van der Waals surface area contributed by atoms with Crippen LogP contribution in [0.2, 0.25) is 10.0 Å². The molecule has 4 rings (SSSR count). The Bertz CT molecular complexity index is 1000. The van der Waals surface area contributed by atoms with Crippen LogP contribution < -0.4 is 0 Å². The summed E-state index contributed by atoms with van der Waals surface area (Å²) >= 11 is 14.2. The number of aromatic nitrogens is 3. The second kappa shape index (κ2) is 9.09. The summed E-state index contributed by atoms with van der Waals surface area (Å²) in [5.41, 5.74) is -0.319. The van der Waals surface area contributed by atoms with Gasteiger partial charge in [-0.25, -0.2) is 9.07 Å². The highest BCUT2D eigenvalue weighted by atomic mass is 35.5. The number of rotatable bonds is 5. The fraction of sp³-hybridized carbons (Fsp3) is 0.333. The van der Waals surface area contributed by atoms with Gasteiger partial charge in [-0.15, -0.1) is 16.4 Å². The van der Waals surface area contributed by atoms with Gasteiger partial charge in [0, 0.05) is 4.90 Å². The third-order valence-corrected chi connectivity index (χ3v) is 7.22. The number of nitrogens with zero attached hydrogens (tertiary/aromatic N) is 3. The minimum atomic E-state index is -1.24. The monoisotopic (exact) mass is 491 g/mol. The molecule has 1 aliphatic heterocycles. The smallest absolute Gasteiger partial charge is 0.160 e. The Labute approximate surface area is 189 Å². The molecule has 3 aromatic rings. The van der Waals surface area contributed by atoms with Crippen LogP contribution >= 0.6 is 46.3 Å². The number of aliphatic hydroxyl groups excluding tert-OH is 3. The van der Waals surface area contributed by atoms with Crippen LogP contribution in [-0.4, -0.2) is 60.7 Å². The molecule has 160 valence electrons. The zero-order valence-electron chi connectivity index (χ0n) is 15.1. The molecule has 30 heavy (non-hydrogen) atoms. The van der Waals surface area contributed by atoms with Crippen molar-refractivity contribution in [3.63, 3.8) is 0 Å². The van der Waals surface area contributed by atoms with E-state index in [1.165, 1.54) is 28.2 Å². The third-order valence-electron chi connectivity index (χ3n) is 4.65. The Morgan fingerprint density at radius 2 is 1.97 bits per heavy atom. The van der Waals surface area contributed by atoms with Crippen molar-refractivity contribution in [2.45, 2.75) is 34.7 Å². The maximum absolute atomic E-state index is 13.7. The summed E-state index contributed by atoms with van der Waals surface area (Å²) in [6.07, 6.45) is -1.82. The summed E-state index contributed by atoms with van der Waals surface area (Å²) in [6.45, 7) is -0.473. The van der Waals surface area contributed by atoms with Gasteiger partial charge >= 0.3 is 0 Å². The average Bonchev–Trinajstić information content (AvgIpc) is 3.40. The largest absolute Gasteiger partial charge is 0.394 e. The van der Waals surface area contributed by atoms with Crippen LogP contribution in [0.4, 0.5) is 4.39 Å². The van der Waals surface area contributed by atoms with Gasteiger partial charge in [0.25, 0.3) is 0 Å². The van der Waals surface area contributed by atoms with E-state index < -0.39 is 42.2 Å². The van der Waals surface area contributed by atoms with Crippen LogP contribution in [0.15, 0.2) is 40.7 Å². The SMILES string of the molecule is OCC1OC(Sc2cc(Cl)c(F)c(Cl)c2)[C@@H](O)C(n2cc(-c3cccs3)nn2)C1O. The average molecular weight is 492 g/mol. The van der Waals surface area contributed by atoms with E-state index in [1.54, 1.807) is 6.20 Å². The number of hydrogen-bond acceptors (Lipinski definition) is 8. The molecule has 3 heterocycles. The molecule has 0 radical (unpaired) electrons. The van der Waals surface area contributed by atoms with Crippen LogP contribution in [0.1, 0.15) is 6.04 Å². The van der Waals surface area contributed by atoms with E-state index in [0.29, 0.717) is 10.6 Å². The summed E-state index contributed by atoms with van der Waals surface area (Å²) in [4.78, 5) is 1.35. The second-order valence-electron chi connectivity index (χ2n) is 6.58. The molecular formula is C18H16Cl2FN3O4S2. The van der Waals surface area contributed by atoms with Gasteiger partial charge in [0.05, 0.1) is 27.7 Å². The quantitative estimate of drug-likeness (QED) is 0.471. The zero-order valence-corrected chi connectivity index (χ0v) is 18.2. The lowest BCUT2D eigenvalue weighted by Crippen LogP contribution is -2.55. The van der Waals surface area contributed by atoms with Crippen molar-refractivity contribution >= 4 is 46.3 Å². The predicted molar refractivity (Wildman–Crippen MR) is 112 cm³/mol. The molecule has 5 atom stereocenters. The number of benzene rings is 1. The summed E-state index contributed by atoms with van der Waals surface area (Å²) in [5.74, 6) is -0.738. The van der Waals surface area contributed by atoms with Gasteiger partial charge in [0.1, 0.15) is 35.5 Å².